The first kappa shape index (κ1) is 44.0. The van der Waals surface area contributed by atoms with Gasteiger partial charge in [-0.1, -0.05) is 12.1 Å². The second-order valence-electron chi connectivity index (χ2n) is 11.0. The number of benzene rings is 1. The van der Waals surface area contributed by atoms with Gasteiger partial charge in [0.25, 0.3) is 0 Å². The van der Waals surface area contributed by atoms with E-state index in [1.54, 1.807) is 43.9 Å². The Morgan fingerprint density at radius 1 is 0.625 bits per heavy atom. The summed E-state index contributed by atoms with van der Waals surface area (Å²) in [6.45, 7) is 6.30. The van der Waals surface area contributed by atoms with Crippen molar-refractivity contribution in [1.29, 1.82) is 0 Å². The van der Waals surface area contributed by atoms with Gasteiger partial charge in [-0.3, -0.25) is 38.8 Å². The molecule has 1 aliphatic heterocycles. The SMILES string of the molecule is CCOCCOCCOCCOc1ccc(C[C@H](C(=O)O)N2CCN(CC(=O)O)CCN(CC(=O)O)CCN(CC(=O)O)CC2)cc1.[Gd]. The van der Waals surface area contributed by atoms with Gasteiger partial charge in [-0.15, -0.1) is 0 Å². The number of rotatable bonds is 21. The molecule has 1 heterocycles. The summed E-state index contributed by atoms with van der Waals surface area (Å²) < 4.78 is 21.8. The molecule has 0 saturated carbocycles. The maximum absolute atomic E-state index is 12.6. The van der Waals surface area contributed by atoms with E-state index in [1.807, 2.05) is 6.92 Å². The summed E-state index contributed by atoms with van der Waals surface area (Å²) in [6, 6.07) is 6.13. The number of carboxylic acid groups (broad SMARTS) is 4. The topological polar surface area (TPSA) is 199 Å². The molecule has 0 aliphatic carbocycles. The summed E-state index contributed by atoms with van der Waals surface area (Å²) in [6.07, 6.45) is 0.159. The van der Waals surface area contributed by atoms with E-state index >= 15 is 0 Å². The minimum absolute atomic E-state index is 0. The van der Waals surface area contributed by atoms with Gasteiger partial charge in [0.15, 0.2) is 0 Å². The molecule has 1 atom stereocenters. The van der Waals surface area contributed by atoms with Crippen molar-refractivity contribution in [3.63, 3.8) is 0 Å². The van der Waals surface area contributed by atoms with Gasteiger partial charge in [0.2, 0.25) is 0 Å². The average Bonchev–Trinajstić information content (AvgIpc) is 3.01. The van der Waals surface area contributed by atoms with Crippen LogP contribution in [0.15, 0.2) is 24.3 Å². The molecule has 1 saturated heterocycles. The number of carboxylic acids is 4. The molecule has 48 heavy (non-hydrogen) atoms. The van der Waals surface area contributed by atoms with E-state index in [0.717, 1.165) is 5.56 Å². The molecule has 274 valence electrons. The van der Waals surface area contributed by atoms with Crippen molar-refractivity contribution in [1.82, 2.24) is 19.6 Å². The van der Waals surface area contributed by atoms with Gasteiger partial charge in [-0.05, 0) is 31.0 Å². The molecule has 1 aliphatic rings. The Balaban J connectivity index is 0.0000115. The van der Waals surface area contributed by atoms with E-state index < -0.39 is 29.9 Å². The minimum Gasteiger partial charge on any atom is -0.491 e. The molecular formula is C31H50GdN4O12. The quantitative estimate of drug-likeness (QED) is 0.117. The Bertz CT molecular complexity index is 1050. The average molecular weight is 828 g/mol. The van der Waals surface area contributed by atoms with Gasteiger partial charge >= 0.3 is 23.9 Å². The zero-order valence-corrected chi connectivity index (χ0v) is 29.8. The molecule has 17 heteroatoms. The molecule has 4 N–H and O–H groups in total. The third-order valence-electron chi connectivity index (χ3n) is 7.47. The molecule has 0 unspecified atom stereocenters. The number of ether oxygens (including phenoxy) is 4. The summed E-state index contributed by atoms with van der Waals surface area (Å²) in [5.41, 5.74) is 0.755. The van der Waals surface area contributed by atoms with Crippen molar-refractivity contribution in [2.75, 3.05) is 118 Å². The van der Waals surface area contributed by atoms with Crippen molar-refractivity contribution in [2.24, 2.45) is 0 Å². The summed E-state index contributed by atoms with van der Waals surface area (Å²) in [5, 5.41) is 38.5. The van der Waals surface area contributed by atoms with E-state index in [9.17, 15) is 39.6 Å². The van der Waals surface area contributed by atoms with Crippen molar-refractivity contribution in [3.05, 3.63) is 29.8 Å². The first-order valence-electron chi connectivity index (χ1n) is 15.8. The Kier molecular flexibility index (Phi) is 23.7. The Hall–Kier alpha value is -2.06. The monoisotopic (exact) mass is 828 g/mol. The molecule has 1 fully saturated rings. The molecular weight excluding hydrogens is 778 g/mol. The van der Waals surface area contributed by atoms with Gasteiger partial charge in [0.05, 0.1) is 52.7 Å². The Morgan fingerprint density at radius 2 is 1.02 bits per heavy atom. The minimum atomic E-state index is -1.06. The fourth-order valence-corrected chi connectivity index (χ4v) is 5.03. The number of carbonyl (C=O) groups is 4. The van der Waals surface area contributed by atoms with Crippen LogP contribution in [0.3, 0.4) is 0 Å². The van der Waals surface area contributed by atoms with Gasteiger partial charge in [0.1, 0.15) is 18.4 Å². The van der Waals surface area contributed by atoms with Crippen LogP contribution in [-0.2, 0) is 39.8 Å². The zero-order valence-electron chi connectivity index (χ0n) is 27.5. The normalized spacial score (nSPS) is 16.6. The van der Waals surface area contributed by atoms with Crippen LogP contribution in [0.5, 0.6) is 5.75 Å². The molecule has 1 aromatic carbocycles. The van der Waals surface area contributed by atoms with Crippen LogP contribution < -0.4 is 4.74 Å². The van der Waals surface area contributed by atoms with Gasteiger partial charge in [-0.25, -0.2) is 0 Å². The maximum Gasteiger partial charge on any atom is 0.321 e. The van der Waals surface area contributed by atoms with E-state index in [2.05, 4.69) is 0 Å². The van der Waals surface area contributed by atoms with Gasteiger partial charge in [0, 0.05) is 98.9 Å². The van der Waals surface area contributed by atoms with Crippen LogP contribution >= 0.6 is 0 Å². The molecule has 2 rings (SSSR count). The zero-order chi connectivity index (χ0) is 34.4. The van der Waals surface area contributed by atoms with Crippen molar-refractivity contribution in [2.45, 2.75) is 19.4 Å². The van der Waals surface area contributed by atoms with E-state index in [4.69, 9.17) is 18.9 Å². The molecule has 0 spiro atoms. The summed E-state index contributed by atoms with van der Waals surface area (Å²) in [5.74, 6) is -3.59. The summed E-state index contributed by atoms with van der Waals surface area (Å²) in [4.78, 5) is 53.8. The number of hydrogen-bond acceptors (Lipinski definition) is 12. The summed E-state index contributed by atoms with van der Waals surface area (Å²) >= 11 is 0. The largest absolute Gasteiger partial charge is 0.491 e. The van der Waals surface area contributed by atoms with Crippen LogP contribution in [-0.4, -0.2) is 188 Å². The van der Waals surface area contributed by atoms with Crippen molar-refractivity contribution < 1.29 is 98.5 Å². The Labute approximate surface area is 313 Å². The first-order chi connectivity index (χ1) is 22.6. The molecule has 0 radical (unpaired) electrons. The molecule has 0 aromatic heterocycles. The predicted molar refractivity (Wildman–Crippen MR) is 169 cm³/mol. The van der Waals surface area contributed by atoms with Crippen LogP contribution in [0.4, 0.5) is 0 Å². The van der Waals surface area contributed by atoms with E-state index in [0.29, 0.717) is 52.0 Å². The molecule has 0 bridgehead atoms. The molecule has 1 aromatic rings. The van der Waals surface area contributed by atoms with E-state index in [1.165, 1.54) is 0 Å². The first-order valence-corrected chi connectivity index (χ1v) is 15.8. The van der Waals surface area contributed by atoms with Gasteiger partial charge in [-0.2, -0.15) is 0 Å². The third kappa shape index (κ3) is 19.8. The third-order valence-corrected chi connectivity index (χ3v) is 7.47. The van der Waals surface area contributed by atoms with Crippen molar-refractivity contribution in [3.8, 4) is 5.75 Å². The fourth-order valence-electron chi connectivity index (χ4n) is 5.03. The maximum atomic E-state index is 12.6. The number of aliphatic carboxylic acids is 4. The predicted octanol–water partition coefficient (Wildman–Crippen LogP) is -0.394. The van der Waals surface area contributed by atoms with Crippen LogP contribution in [0.25, 0.3) is 0 Å². The second kappa shape index (κ2) is 25.9. The fraction of sp³-hybridized carbons (Fsp3) is 0.677. The number of nitrogens with zero attached hydrogens (tertiary/aromatic N) is 4. The van der Waals surface area contributed by atoms with Gasteiger partial charge < -0.3 is 39.4 Å². The number of hydrogen-bond donors (Lipinski definition) is 4. The molecule has 0 amide bonds. The standard InChI is InChI=1S/C31H50N4O12.Gd/c1-2-44-15-16-45-17-18-46-19-20-47-26-5-3-25(4-6-26)21-27(31(42)43)35-13-11-33(23-29(38)39)9-7-32(22-28(36)37)8-10-34(12-14-35)24-30(40)41;/h3-6,27H,2,7-24H2,1H3,(H,36,37)(H,38,39)(H,40,41)(H,42,43);/t27-;/m1./s1. The van der Waals surface area contributed by atoms with E-state index in [-0.39, 0.29) is 118 Å². The van der Waals surface area contributed by atoms with Crippen LogP contribution in [0.1, 0.15) is 12.5 Å². The summed E-state index contributed by atoms with van der Waals surface area (Å²) in [7, 11) is 0. The smallest absolute Gasteiger partial charge is 0.321 e. The Morgan fingerprint density at radius 3 is 1.42 bits per heavy atom. The van der Waals surface area contributed by atoms with Crippen LogP contribution in [0, 0.1) is 39.9 Å². The molecule has 16 nitrogen and oxygen atoms in total. The van der Waals surface area contributed by atoms with Crippen molar-refractivity contribution >= 4 is 23.9 Å². The second-order valence-corrected chi connectivity index (χ2v) is 11.0. The van der Waals surface area contributed by atoms with Crippen LogP contribution in [0.2, 0.25) is 0 Å².